The van der Waals surface area contributed by atoms with Crippen LogP contribution in [0.15, 0.2) is 18.2 Å². The van der Waals surface area contributed by atoms with Gasteiger partial charge in [0.2, 0.25) is 6.29 Å². The zero-order valence-electron chi connectivity index (χ0n) is 10.2. The molecule has 1 saturated heterocycles. The minimum absolute atomic E-state index is 0.195. The quantitative estimate of drug-likeness (QED) is 0.632. The van der Waals surface area contributed by atoms with Crippen LogP contribution in [0.1, 0.15) is 0 Å². The van der Waals surface area contributed by atoms with Gasteiger partial charge in [0.15, 0.2) is 0 Å². The average Bonchev–Trinajstić information content (AvgIpc) is 2.42. The third-order valence-electron chi connectivity index (χ3n) is 2.99. The molecule has 1 aliphatic rings. The van der Waals surface area contributed by atoms with Crippen molar-refractivity contribution in [3.8, 4) is 5.75 Å². The molecule has 0 radical (unpaired) electrons. The molecule has 1 heterocycles. The van der Waals surface area contributed by atoms with Gasteiger partial charge in [0, 0.05) is 5.02 Å². The molecule has 1 aliphatic heterocycles. The van der Waals surface area contributed by atoms with Gasteiger partial charge in [-0.05, 0) is 18.2 Å². The summed E-state index contributed by atoms with van der Waals surface area (Å²) < 4.78 is 10.6. The Labute approximate surface area is 125 Å². The fraction of sp³-hybridized carbons (Fsp3) is 0.500. The largest absolute Gasteiger partial charge is 0.460 e. The number of rotatable bonds is 3. The van der Waals surface area contributed by atoms with Crippen LogP contribution in [0.4, 0.5) is 0 Å². The first kappa shape index (κ1) is 15.8. The van der Waals surface area contributed by atoms with Crippen LogP contribution in [0.3, 0.4) is 0 Å². The number of ether oxygens (including phenoxy) is 2. The van der Waals surface area contributed by atoms with Crippen LogP contribution in [0.25, 0.3) is 0 Å². The maximum absolute atomic E-state index is 9.82. The molecular formula is C12H14Cl2O6. The lowest BCUT2D eigenvalue weighted by atomic mass is 9.99. The lowest BCUT2D eigenvalue weighted by Crippen LogP contribution is -2.60. The summed E-state index contributed by atoms with van der Waals surface area (Å²) in [6.07, 6.45) is -6.74. The van der Waals surface area contributed by atoms with E-state index in [0.717, 1.165) is 0 Å². The Morgan fingerprint density at radius 3 is 2.40 bits per heavy atom. The van der Waals surface area contributed by atoms with Crippen LogP contribution in [0, 0.1) is 0 Å². The summed E-state index contributed by atoms with van der Waals surface area (Å²) in [6, 6.07) is 4.46. The maximum atomic E-state index is 9.82. The van der Waals surface area contributed by atoms with Crippen LogP contribution >= 0.6 is 23.2 Å². The van der Waals surface area contributed by atoms with Gasteiger partial charge in [-0.2, -0.15) is 0 Å². The highest BCUT2D eigenvalue weighted by Crippen LogP contribution is 2.31. The first-order valence-corrected chi connectivity index (χ1v) is 6.62. The zero-order chi connectivity index (χ0) is 14.9. The van der Waals surface area contributed by atoms with E-state index in [0.29, 0.717) is 5.02 Å². The van der Waals surface area contributed by atoms with Crippen molar-refractivity contribution in [3.05, 3.63) is 28.2 Å². The van der Waals surface area contributed by atoms with Gasteiger partial charge >= 0.3 is 0 Å². The molecule has 112 valence electrons. The van der Waals surface area contributed by atoms with Crippen molar-refractivity contribution in [2.24, 2.45) is 0 Å². The smallest absolute Gasteiger partial charge is 0.229 e. The summed E-state index contributed by atoms with van der Waals surface area (Å²) in [5, 5.41) is 38.8. The molecular weight excluding hydrogens is 311 g/mol. The summed E-state index contributed by atoms with van der Waals surface area (Å²) in [4.78, 5) is 0. The van der Waals surface area contributed by atoms with Crippen LogP contribution in [0.5, 0.6) is 5.75 Å². The highest BCUT2D eigenvalue weighted by molar-refractivity contribution is 6.35. The topological polar surface area (TPSA) is 99.4 Å². The molecule has 0 aromatic heterocycles. The minimum Gasteiger partial charge on any atom is -0.460 e. The second kappa shape index (κ2) is 6.44. The molecule has 6 nitrogen and oxygen atoms in total. The van der Waals surface area contributed by atoms with E-state index in [9.17, 15) is 15.3 Å². The van der Waals surface area contributed by atoms with E-state index in [-0.39, 0.29) is 10.8 Å². The number of hydrogen-bond donors (Lipinski definition) is 4. The van der Waals surface area contributed by atoms with Crippen molar-refractivity contribution in [3.63, 3.8) is 0 Å². The SMILES string of the molecule is OC[C@H]1O[C@H](Oc2ccc(Cl)cc2Cl)[C@@H](O)[C@@H](O)[C@@H]1O. The minimum atomic E-state index is -1.50. The number of aliphatic hydroxyl groups is 4. The lowest BCUT2D eigenvalue weighted by molar-refractivity contribution is -0.277. The summed E-state index contributed by atoms with van der Waals surface area (Å²) in [6.45, 7) is -0.529. The van der Waals surface area contributed by atoms with Crippen LogP contribution in [-0.4, -0.2) is 57.7 Å². The van der Waals surface area contributed by atoms with Gasteiger partial charge in [0.25, 0.3) is 0 Å². The van der Waals surface area contributed by atoms with E-state index in [4.69, 9.17) is 37.8 Å². The fourth-order valence-electron chi connectivity index (χ4n) is 1.86. The van der Waals surface area contributed by atoms with Crippen molar-refractivity contribution < 1.29 is 29.9 Å². The number of hydrogen-bond acceptors (Lipinski definition) is 6. The number of aliphatic hydroxyl groups excluding tert-OH is 4. The summed E-state index contributed by atoms with van der Waals surface area (Å²) in [7, 11) is 0. The highest BCUT2D eigenvalue weighted by Gasteiger charge is 2.44. The van der Waals surface area contributed by atoms with Gasteiger partial charge < -0.3 is 29.9 Å². The molecule has 5 atom stereocenters. The second-order valence-electron chi connectivity index (χ2n) is 4.39. The van der Waals surface area contributed by atoms with E-state index in [1.165, 1.54) is 18.2 Å². The Bertz CT molecular complexity index is 469. The third-order valence-corrected chi connectivity index (χ3v) is 3.52. The van der Waals surface area contributed by atoms with Crippen LogP contribution in [0.2, 0.25) is 10.0 Å². The molecule has 1 aromatic carbocycles. The standard InChI is InChI=1S/C12H14Cl2O6/c13-5-1-2-7(6(14)3-5)19-12-11(18)10(17)9(16)8(4-15)20-12/h1-3,8-12,15-18H,4H2/t8-,9-,10+,11+,12+/m1/s1. The number of halogens is 2. The Hall–Kier alpha value is -0.600. The molecule has 20 heavy (non-hydrogen) atoms. The molecule has 0 amide bonds. The van der Waals surface area contributed by atoms with Crippen molar-refractivity contribution in [1.82, 2.24) is 0 Å². The monoisotopic (exact) mass is 324 g/mol. The molecule has 0 unspecified atom stereocenters. The molecule has 4 N–H and O–H groups in total. The van der Waals surface area contributed by atoms with Gasteiger partial charge in [-0.15, -0.1) is 0 Å². The molecule has 0 spiro atoms. The molecule has 1 fully saturated rings. The van der Waals surface area contributed by atoms with Gasteiger partial charge in [-0.3, -0.25) is 0 Å². The van der Waals surface area contributed by atoms with E-state index in [2.05, 4.69) is 0 Å². The molecule has 0 saturated carbocycles. The van der Waals surface area contributed by atoms with Gasteiger partial charge in [-0.25, -0.2) is 0 Å². The van der Waals surface area contributed by atoms with Crippen molar-refractivity contribution in [2.75, 3.05) is 6.61 Å². The van der Waals surface area contributed by atoms with Gasteiger partial charge in [0.1, 0.15) is 30.2 Å². The third kappa shape index (κ3) is 3.17. The first-order valence-electron chi connectivity index (χ1n) is 5.86. The zero-order valence-corrected chi connectivity index (χ0v) is 11.7. The van der Waals surface area contributed by atoms with E-state index in [1.54, 1.807) is 0 Å². The highest BCUT2D eigenvalue weighted by atomic mass is 35.5. The summed E-state index contributed by atoms with van der Waals surface area (Å²) in [5.41, 5.74) is 0. The van der Waals surface area contributed by atoms with Crippen LogP contribution in [-0.2, 0) is 4.74 Å². The Kier molecular flexibility index (Phi) is 5.09. The van der Waals surface area contributed by atoms with Gasteiger partial charge in [-0.1, -0.05) is 23.2 Å². The maximum Gasteiger partial charge on any atom is 0.229 e. The van der Waals surface area contributed by atoms with E-state index >= 15 is 0 Å². The predicted octanol–water partition coefficient (Wildman–Crippen LogP) is 0.172. The summed E-state index contributed by atoms with van der Waals surface area (Å²) in [5.74, 6) is 0.195. The van der Waals surface area contributed by atoms with Gasteiger partial charge in [0.05, 0.1) is 11.6 Å². The molecule has 0 bridgehead atoms. The molecule has 1 aromatic rings. The Balaban J connectivity index is 2.15. The van der Waals surface area contributed by atoms with Crippen molar-refractivity contribution in [1.29, 1.82) is 0 Å². The number of benzene rings is 1. The van der Waals surface area contributed by atoms with Crippen LogP contribution < -0.4 is 4.74 Å². The lowest BCUT2D eigenvalue weighted by Gasteiger charge is -2.39. The second-order valence-corrected chi connectivity index (χ2v) is 5.23. The van der Waals surface area contributed by atoms with Crippen molar-refractivity contribution in [2.45, 2.75) is 30.7 Å². The van der Waals surface area contributed by atoms with E-state index in [1.807, 2.05) is 0 Å². The Morgan fingerprint density at radius 1 is 1.10 bits per heavy atom. The average molecular weight is 325 g/mol. The van der Waals surface area contributed by atoms with Crippen molar-refractivity contribution >= 4 is 23.2 Å². The first-order chi connectivity index (χ1) is 9.43. The molecule has 8 heteroatoms. The summed E-state index contributed by atoms with van der Waals surface area (Å²) >= 11 is 11.7. The molecule has 2 rings (SSSR count). The normalized spacial score (nSPS) is 34.0. The Morgan fingerprint density at radius 2 is 1.80 bits per heavy atom. The molecule has 0 aliphatic carbocycles. The van der Waals surface area contributed by atoms with E-state index < -0.39 is 37.3 Å². The fourth-order valence-corrected chi connectivity index (χ4v) is 2.31. The predicted molar refractivity (Wildman–Crippen MR) is 70.9 cm³/mol.